The van der Waals surface area contributed by atoms with Crippen LogP contribution in [0, 0.1) is 0 Å². The zero-order valence-corrected chi connectivity index (χ0v) is 14.4. The zero-order valence-electron chi connectivity index (χ0n) is 14.4. The predicted molar refractivity (Wildman–Crippen MR) is 100 cm³/mol. The van der Waals surface area contributed by atoms with Crippen molar-refractivity contribution in [2.75, 3.05) is 0 Å². The number of carbonyl (C=O) groups excluding carboxylic acids is 2. The van der Waals surface area contributed by atoms with Crippen molar-refractivity contribution in [3.63, 3.8) is 0 Å². The highest BCUT2D eigenvalue weighted by Gasteiger charge is 2.14. The molecule has 0 aliphatic heterocycles. The molecular formula is C20H20N4O2. The van der Waals surface area contributed by atoms with Crippen molar-refractivity contribution < 1.29 is 9.59 Å². The van der Waals surface area contributed by atoms with Gasteiger partial charge in [-0.1, -0.05) is 36.4 Å². The van der Waals surface area contributed by atoms with Gasteiger partial charge in [-0.05, 0) is 30.7 Å². The van der Waals surface area contributed by atoms with E-state index in [2.05, 4.69) is 15.6 Å². The first-order valence-corrected chi connectivity index (χ1v) is 8.36. The summed E-state index contributed by atoms with van der Waals surface area (Å²) < 4.78 is 1.89. The molecule has 3 rings (SSSR count). The Bertz CT molecular complexity index is 898. The molecule has 0 spiro atoms. The van der Waals surface area contributed by atoms with Gasteiger partial charge in [0.2, 0.25) is 11.8 Å². The van der Waals surface area contributed by atoms with Gasteiger partial charge in [0, 0.05) is 18.5 Å². The maximum Gasteiger partial charge on any atom is 0.244 e. The van der Waals surface area contributed by atoms with E-state index in [9.17, 15) is 9.59 Å². The number of benzene rings is 1. The van der Waals surface area contributed by atoms with Crippen LogP contribution in [0.3, 0.4) is 0 Å². The quantitative estimate of drug-likeness (QED) is 0.671. The number of fused-ring (bicyclic) bond motifs is 1. The van der Waals surface area contributed by atoms with E-state index in [1.54, 1.807) is 13.0 Å². The number of carbonyl (C=O) groups is 2. The number of rotatable bonds is 6. The third-order valence-electron chi connectivity index (χ3n) is 3.84. The lowest BCUT2D eigenvalue weighted by Gasteiger charge is -2.12. The summed E-state index contributed by atoms with van der Waals surface area (Å²) in [6, 6.07) is 14.6. The topological polar surface area (TPSA) is 75.5 Å². The Hall–Kier alpha value is -3.41. The van der Waals surface area contributed by atoms with E-state index in [4.69, 9.17) is 0 Å². The summed E-state index contributed by atoms with van der Waals surface area (Å²) in [5.41, 5.74) is 2.50. The van der Waals surface area contributed by atoms with Crippen LogP contribution in [-0.2, 0) is 16.1 Å². The van der Waals surface area contributed by atoms with Crippen LogP contribution in [0.5, 0.6) is 0 Å². The van der Waals surface area contributed by atoms with Gasteiger partial charge < -0.3 is 15.0 Å². The minimum Gasteiger partial charge on any atom is -0.349 e. The molecule has 1 aromatic carbocycles. The molecule has 132 valence electrons. The molecule has 6 nitrogen and oxygen atoms in total. The molecule has 0 saturated heterocycles. The van der Waals surface area contributed by atoms with Crippen LogP contribution in [0.1, 0.15) is 18.2 Å². The van der Waals surface area contributed by atoms with Gasteiger partial charge >= 0.3 is 0 Å². The van der Waals surface area contributed by atoms with Crippen LogP contribution in [0.25, 0.3) is 11.7 Å². The molecule has 2 aromatic heterocycles. The summed E-state index contributed by atoms with van der Waals surface area (Å²) in [6.45, 7) is 1.95. The van der Waals surface area contributed by atoms with Gasteiger partial charge in [0.25, 0.3) is 0 Å². The number of pyridine rings is 1. The molecule has 0 bridgehead atoms. The van der Waals surface area contributed by atoms with Gasteiger partial charge in [-0.3, -0.25) is 9.59 Å². The van der Waals surface area contributed by atoms with Crippen LogP contribution in [0.2, 0.25) is 0 Å². The van der Waals surface area contributed by atoms with Gasteiger partial charge in [-0.2, -0.15) is 0 Å². The Kier molecular flexibility index (Phi) is 5.43. The summed E-state index contributed by atoms with van der Waals surface area (Å²) in [4.78, 5) is 28.5. The highest BCUT2D eigenvalue weighted by atomic mass is 16.2. The first-order valence-electron chi connectivity index (χ1n) is 8.36. The number of hydrogen-bond donors (Lipinski definition) is 2. The number of nitrogens with zero attached hydrogens (tertiary/aromatic N) is 2. The van der Waals surface area contributed by atoms with Gasteiger partial charge in [-0.15, -0.1) is 0 Å². The molecule has 6 heteroatoms. The molecule has 0 unspecified atom stereocenters. The fourth-order valence-electron chi connectivity index (χ4n) is 2.47. The number of hydrogen-bond acceptors (Lipinski definition) is 3. The molecule has 2 amide bonds. The van der Waals surface area contributed by atoms with E-state index in [1.807, 2.05) is 65.3 Å². The standard InChI is InChI=1S/C20H20N4O2/c1-15(22-19(25)11-10-16-7-3-2-4-8-16)20(26)21-13-17-14-24-12-6-5-9-18(24)23-17/h2-12,14-15H,13H2,1H3,(H,21,26)(H,22,25)/b11-10+/t15-/m0/s1. The molecule has 0 saturated carbocycles. The Morgan fingerprint density at radius 3 is 2.69 bits per heavy atom. The molecule has 26 heavy (non-hydrogen) atoms. The van der Waals surface area contributed by atoms with E-state index < -0.39 is 6.04 Å². The second kappa shape index (κ2) is 8.11. The fraction of sp³-hybridized carbons (Fsp3) is 0.150. The van der Waals surface area contributed by atoms with Crippen molar-refractivity contribution in [1.82, 2.24) is 20.0 Å². The molecule has 2 heterocycles. The second-order valence-corrected chi connectivity index (χ2v) is 5.89. The minimum atomic E-state index is -0.639. The van der Waals surface area contributed by atoms with Crippen molar-refractivity contribution in [1.29, 1.82) is 0 Å². The van der Waals surface area contributed by atoms with E-state index in [1.165, 1.54) is 6.08 Å². The predicted octanol–water partition coefficient (Wildman–Crippen LogP) is 2.17. The number of imidazole rings is 1. The van der Waals surface area contributed by atoms with E-state index in [0.29, 0.717) is 6.54 Å². The van der Waals surface area contributed by atoms with Crippen LogP contribution in [0.15, 0.2) is 67.0 Å². The molecular weight excluding hydrogens is 328 g/mol. The third kappa shape index (κ3) is 4.57. The Morgan fingerprint density at radius 2 is 1.92 bits per heavy atom. The van der Waals surface area contributed by atoms with Crippen molar-refractivity contribution >= 4 is 23.5 Å². The number of nitrogens with one attached hydrogen (secondary N) is 2. The summed E-state index contributed by atoms with van der Waals surface area (Å²) >= 11 is 0. The van der Waals surface area contributed by atoms with Crippen LogP contribution in [0.4, 0.5) is 0 Å². The normalized spacial score (nSPS) is 12.2. The molecule has 0 aliphatic rings. The summed E-state index contributed by atoms with van der Waals surface area (Å²) in [6.07, 6.45) is 6.88. The largest absolute Gasteiger partial charge is 0.349 e. The van der Waals surface area contributed by atoms with Crippen molar-refractivity contribution in [2.45, 2.75) is 19.5 Å². The zero-order chi connectivity index (χ0) is 18.4. The van der Waals surface area contributed by atoms with Crippen molar-refractivity contribution in [3.8, 4) is 0 Å². The number of amides is 2. The lowest BCUT2D eigenvalue weighted by molar-refractivity contribution is -0.126. The van der Waals surface area contributed by atoms with Crippen LogP contribution >= 0.6 is 0 Å². The third-order valence-corrected chi connectivity index (χ3v) is 3.84. The lowest BCUT2D eigenvalue weighted by atomic mass is 10.2. The van der Waals surface area contributed by atoms with Gasteiger partial charge in [0.1, 0.15) is 11.7 Å². The summed E-state index contributed by atoms with van der Waals surface area (Å²) in [5.74, 6) is -0.576. The molecule has 0 radical (unpaired) electrons. The monoisotopic (exact) mass is 348 g/mol. The van der Waals surface area contributed by atoms with Gasteiger partial charge in [-0.25, -0.2) is 4.98 Å². The fourth-order valence-corrected chi connectivity index (χ4v) is 2.47. The van der Waals surface area contributed by atoms with E-state index >= 15 is 0 Å². The summed E-state index contributed by atoms with van der Waals surface area (Å²) in [5, 5.41) is 5.43. The smallest absolute Gasteiger partial charge is 0.244 e. The SMILES string of the molecule is C[C@H](NC(=O)/C=C/c1ccccc1)C(=O)NCc1cn2ccccc2n1. The van der Waals surface area contributed by atoms with Crippen LogP contribution in [-0.4, -0.2) is 27.2 Å². The van der Waals surface area contributed by atoms with Gasteiger partial charge in [0.15, 0.2) is 0 Å². The van der Waals surface area contributed by atoms with E-state index in [0.717, 1.165) is 16.9 Å². The summed E-state index contributed by atoms with van der Waals surface area (Å²) in [7, 11) is 0. The highest BCUT2D eigenvalue weighted by Crippen LogP contribution is 2.04. The average Bonchev–Trinajstić information content (AvgIpc) is 3.08. The van der Waals surface area contributed by atoms with Crippen molar-refractivity contribution in [2.24, 2.45) is 0 Å². The Labute approximate surface area is 151 Å². The highest BCUT2D eigenvalue weighted by molar-refractivity contribution is 5.95. The lowest BCUT2D eigenvalue weighted by Crippen LogP contribution is -2.44. The molecule has 0 aliphatic carbocycles. The van der Waals surface area contributed by atoms with E-state index in [-0.39, 0.29) is 11.8 Å². The first kappa shape index (κ1) is 17.4. The van der Waals surface area contributed by atoms with Crippen molar-refractivity contribution in [3.05, 3.63) is 78.3 Å². The Morgan fingerprint density at radius 1 is 1.15 bits per heavy atom. The molecule has 3 aromatic rings. The molecule has 0 fully saturated rings. The second-order valence-electron chi connectivity index (χ2n) is 5.89. The maximum atomic E-state index is 12.2. The first-order chi connectivity index (χ1) is 12.6. The maximum absolute atomic E-state index is 12.2. The van der Waals surface area contributed by atoms with Crippen LogP contribution < -0.4 is 10.6 Å². The minimum absolute atomic E-state index is 0.261. The molecule has 1 atom stereocenters. The Balaban J connectivity index is 1.49. The average molecular weight is 348 g/mol. The number of aromatic nitrogens is 2. The molecule has 2 N–H and O–H groups in total. The van der Waals surface area contributed by atoms with Gasteiger partial charge in [0.05, 0.1) is 12.2 Å².